The van der Waals surface area contributed by atoms with Crippen LogP contribution < -0.4 is 10.6 Å². The molecule has 1 aromatic rings. The third kappa shape index (κ3) is 2.31. The van der Waals surface area contributed by atoms with Gasteiger partial charge in [-0.1, -0.05) is 6.92 Å². The highest BCUT2D eigenvalue weighted by Gasteiger charge is 2.30. The number of nitrogens with zero attached hydrogens (tertiary/aromatic N) is 3. The second-order valence-corrected chi connectivity index (χ2v) is 4.18. The van der Waals surface area contributed by atoms with E-state index in [1.54, 1.807) is 6.20 Å². The van der Waals surface area contributed by atoms with Crippen LogP contribution in [0.1, 0.15) is 26.2 Å². The van der Waals surface area contributed by atoms with Gasteiger partial charge in [0.2, 0.25) is 5.28 Å². The lowest BCUT2D eigenvalue weighted by molar-refractivity contribution is 0.750. The Bertz CT molecular complexity index is 351. The maximum atomic E-state index is 5.86. The average Bonchev–Trinajstić information content (AvgIpc) is 3.02. The number of nitrogens with two attached hydrogens (primary N) is 1. The summed E-state index contributed by atoms with van der Waals surface area (Å²) in [7, 11) is 0. The Hall–Kier alpha value is -1.03. The third-order valence-electron chi connectivity index (χ3n) is 2.49. The van der Waals surface area contributed by atoms with Crippen molar-refractivity contribution in [3.63, 3.8) is 0 Å². The third-order valence-corrected chi connectivity index (χ3v) is 2.67. The van der Waals surface area contributed by atoms with E-state index in [1.807, 2.05) is 0 Å². The number of rotatable bonds is 4. The number of nitrogen functional groups attached to an aromatic ring is 1. The quantitative estimate of drug-likeness (QED) is 0.799. The molecule has 1 heterocycles. The molecule has 0 saturated heterocycles. The van der Waals surface area contributed by atoms with Gasteiger partial charge in [-0.15, -0.1) is 0 Å². The molecule has 0 unspecified atom stereocenters. The van der Waals surface area contributed by atoms with Crippen molar-refractivity contribution in [2.24, 2.45) is 0 Å². The van der Waals surface area contributed by atoms with Crippen molar-refractivity contribution >= 4 is 23.1 Å². The first kappa shape index (κ1) is 10.5. The molecule has 1 aliphatic rings. The standard InChI is InChI=1S/C10H15ClN4/c1-2-5-15(7-3-4-7)9-8(12)6-13-10(11)14-9/h6-7H,2-5,12H2,1H3. The smallest absolute Gasteiger partial charge is 0.224 e. The highest BCUT2D eigenvalue weighted by atomic mass is 35.5. The van der Waals surface area contributed by atoms with Crippen LogP contribution in [-0.2, 0) is 0 Å². The van der Waals surface area contributed by atoms with E-state index >= 15 is 0 Å². The van der Waals surface area contributed by atoms with Crippen LogP contribution in [0.15, 0.2) is 6.20 Å². The first-order valence-electron chi connectivity index (χ1n) is 5.27. The minimum atomic E-state index is 0.265. The fourth-order valence-corrected chi connectivity index (χ4v) is 1.81. The predicted molar refractivity (Wildman–Crippen MR) is 62.1 cm³/mol. The first-order valence-corrected chi connectivity index (χ1v) is 5.64. The van der Waals surface area contributed by atoms with Crippen LogP contribution in [0.3, 0.4) is 0 Å². The van der Waals surface area contributed by atoms with E-state index in [0.717, 1.165) is 18.8 Å². The van der Waals surface area contributed by atoms with Crippen molar-refractivity contribution < 1.29 is 0 Å². The molecular weight excluding hydrogens is 212 g/mol. The number of anilines is 2. The Labute approximate surface area is 94.5 Å². The van der Waals surface area contributed by atoms with Gasteiger partial charge in [0.05, 0.1) is 11.9 Å². The molecule has 0 aromatic carbocycles. The van der Waals surface area contributed by atoms with Crippen LogP contribution in [0.2, 0.25) is 5.28 Å². The zero-order valence-electron chi connectivity index (χ0n) is 8.78. The number of aromatic nitrogens is 2. The van der Waals surface area contributed by atoms with E-state index in [9.17, 15) is 0 Å². The second-order valence-electron chi connectivity index (χ2n) is 3.84. The van der Waals surface area contributed by atoms with Gasteiger partial charge in [0, 0.05) is 12.6 Å². The molecule has 0 bridgehead atoms. The van der Waals surface area contributed by atoms with Crippen molar-refractivity contribution in [2.45, 2.75) is 32.2 Å². The van der Waals surface area contributed by atoms with Gasteiger partial charge < -0.3 is 10.6 Å². The lowest BCUT2D eigenvalue weighted by Gasteiger charge is -2.23. The van der Waals surface area contributed by atoms with Gasteiger partial charge in [-0.05, 0) is 30.9 Å². The molecule has 4 nitrogen and oxygen atoms in total. The van der Waals surface area contributed by atoms with Crippen molar-refractivity contribution in [3.8, 4) is 0 Å². The Balaban J connectivity index is 2.27. The van der Waals surface area contributed by atoms with Gasteiger partial charge in [-0.3, -0.25) is 0 Å². The highest BCUT2D eigenvalue weighted by molar-refractivity contribution is 6.28. The van der Waals surface area contributed by atoms with E-state index in [4.69, 9.17) is 17.3 Å². The zero-order valence-corrected chi connectivity index (χ0v) is 9.54. The SMILES string of the molecule is CCCN(c1nc(Cl)ncc1N)C1CC1. The van der Waals surface area contributed by atoms with Crippen LogP contribution in [0.4, 0.5) is 11.5 Å². The molecule has 0 atom stereocenters. The molecule has 1 fully saturated rings. The van der Waals surface area contributed by atoms with Gasteiger partial charge in [0.15, 0.2) is 5.82 Å². The second kappa shape index (κ2) is 4.23. The van der Waals surface area contributed by atoms with E-state index in [0.29, 0.717) is 11.7 Å². The summed E-state index contributed by atoms with van der Waals surface area (Å²) in [5.74, 6) is 0.791. The molecule has 0 radical (unpaired) electrons. The Kier molecular flexibility index (Phi) is 2.95. The first-order chi connectivity index (χ1) is 7.22. The summed E-state index contributed by atoms with van der Waals surface area (Å²) >= 11 is 5.78. The van der Waals surface area contributed by atoms with Crippen LogP contribution in [0.25, 0.3) is 0 Å². The monoisotopic (exact) mass is 226 g/mol. The fourth-order valence-electron chi connectivity index (χ4n) is 1.68. The summed E-state index contributed by atoms with van der Waals surface area (Å²) in [4.78, 5) is 10.3. The number of hydrogen-bond acceptors (Lipinski definition) is 4. The van der Waals surface area contributed by atoms with E-state index in [2.05, 4.69) is 21.8 Å². The predicted octanol–water partition coefficient (Wildman–Crippen LogP) is 2.09. The summed E-state index contributed by atoms with van der Waals surface area (Å²) in [5.41, 5.74) is 6.47. The topological polar surface area (TPSA) is 55.0 Å². The highest BCUT2D eigenvalue weighted by Crippen LogP contribution is 2.33. The zero-order chi connectivity index (χ0) is 10.8. The summed E-state index contributed by atoms with van der Waals surface area (Å²) < 4.78 is 0. The average molecular weight is 227 g/mol. The molecule has 1 aromatic heterocycles. The molecule has 5 heteroatoms. The molecule has 2 N–H and O–H groups in total. The van der Waals surface area contributed by atoms with Gasteiger partial charge in [-0.2, -0.15) is 4.98 Å². The van der Waals surface area contributed by atoms with E-state index < -0.39 is 0 Å². The molecule has 82 valence electrons. The molecule has 2 rings (SSSR count). The molecule has 0 amide bonds. The largest absolute Gasteiger partial charge is 0.394 e. The van der Waals surface area contributed by atoms with Crippen LogP contribution in [0, 0.1) is 0 Å². The van der Waals surface area contributed by atoms with Gasteiger partial charge >= 0.3 is 0 Å². The number of hydrogen-bond donors (Lipinski definition) is 1. The van der Waals surface area contributed by atoms with E-state index in [-0.39, 0.29) is 5.28 Å². The van der Waals surface area contributed by atoms with Crippen LogP contribution in [-0.4, -0.2) is 22.6 Å². The molecular formula is C10H15ClN4. The molecule has 0 aliphatic heterocycles. The minimum Gasteiger partial charge on any atom is -0.394 e. The summed E-state index contributed by atoms with van der Waals surface area (Å²) in [5, 5.41) is 0.265. The number of halogens is 1. The van der Waals surface area contributed by atoms with Crippen molar-refractivity contribution in [1.82, 2.24) is 9.97 Å². The molecule has 15 heavy (non-hydrogen) atoms. The lowest BCUT2D eigenvalue weighted by Crippen LogP contribution is -2.28. The fraction of sp³-hybridized carbons (Fsp3) is 0.600. The van der Waals surface area contributed by atoms with Crippen molar-refractivity contribution in [2.75, 3.05) is 17.2 Å². The normalized spacial score (nSPS) is 15.3. The maximum absolute atomic E-state index is 5.86. The van der Waals surface area contributed by atoms with Crippen LogP contribution >= 0.6 is 11.6 Å². The Morgan fingerprint density at radius 2 is 2.33 bits per heavy atom. The summed E-state index contributed by atoms with van der Waals surface area (Å²) in [6.45, 7) is 3.12. The Morgan fingerprint density at radius 3 is 2.93 bits per heavy atom. The summed E-state index contributed by atoms with van der Waals surface area (Å²) in [6.07, 6.45) is 5.11. The minimum absolute atomic E-state index is 0.265. The van der Waals surface area contributed by atoms with Crippen molar-refractivity contribution in [1.29, 1.82) is 0 Å². The van der Waals surface area contributed by atoms with Crippen LogP contribution in [0.5, 0.6) is 0 Å². The van der Waals surface area contributed by atoms with E-state index in [1.165, 1.54) is 12.8 Å². The maximum Gasteiger partial charge on any atom is 0.224 e. The van der Waals surface area contributed by atoms with Gasteiger partial charge in [-0.25, -0.2) is 4.98 Å². The molecule has 1 aliphatic carbocycles. The van der Waals surface area contributed by atoms with Crippen molar-refractivity contribution in [3.05, 3.63) is 11.5 Å². The van der Waals surface area contributed by atoms with Gasteiger partial charge in [0.1, 0.15) is 0 Å². The molecule has 0 spiro atoms. The van der Waals surface area contributed by atoms with Gasteiger partial charge in [0.25, 0.3) is 0 Å². The summed E-state index contributed by atoms with van der Waals surface area (Å²) in [6, 6.07) is 0.596. The lowest BCUT2D eigenvalue weighted by atomic mass is 10.3. The molecule has 1 saturated carbocycles. The Morgan fingerprint density at radius 1 is 1.60 bits per heavy atom.